The van der Waals surface area contributed by atoms with E-state index in [-0.39, 0.29) is 0 Å². The zero-order chi connectivity index (χ0) is 15.7. The molecule has 1 unspecified atom stereocenters. The molecular weight excluding hydrogens is 292 g/mol. The fraction of sp³-hybridized carbons (Fsp3) is 0.600. The number of likely N-dealkylation sites (N-methyl/N-ethyl adjacent to an activating group) is 1. The van der Waals surface area contributed by atoms with Crippen molar-refractivity contribution in [2.45, 2.75) is 12.6 Å². The van der Waals surface area contributed by atoms with Gasteiger partial charge in [0.15, 0.2) is 0 Å². The Hall–Kier alpha value is -0.850. The van der Waals surface area contributed by atoms with Crippen molar-refractivity contribution in [3.05, 3.63) is 28.8 Å². The highest BCUT2D eigenvalue weighted by Crippen LogP contribution is 2.23. The Kier molecular flexibility index (Phi) is 8.64. The highest BCUT2D eigenvalue weighted by molar-refractivity contribution is 6.31. The summed E-state index contributed by atoms with van der Waals surface area (Å²) in [6.07, 6.45) is -0.519. The van der Waals surface area contributed by atoms with Gasteiger partial charge in [-0.3, -0.25) is 0 Å². The van der Waals surface area contributed by atoms with Crippen LogP contribution in [0.4, 0.5) is 5.69 Å². The van der Waals surface area contributed by atoms with Gasteiger partial charge >= 0.3 is 0 Å². The van der Waals surface area contributed by atoms with E-state index in [2.05, 4.69) is 5.32 Å². The smallest absolute Gasteiger partial charge is 0.0947 e. The van der Waals surface area contributed by atoms with Crippen molar-refractivity contribution in [2.24, 2.45) is 0 Å². The number of halogens is 1. The fourth-order valence-corrected chi connectivity index (χ4v) is 2.22. The first-order valence-corrected chi connectivity index (χ1v) is 7.32. The van der Waals surface area contributed by atoms with Gasteiger partial charge in [-0.25, -0.2) is 0 Å². The highest BCUT2D eigenvalue weighted by Gasteiger charge is 2.10. The molecule has 1 rings (SSSR count). The zero-order valence-corrected chi connectivity index (χ0v) is 13.7. The molecule has 0 saturated heterocycles. The maximum absolute atomic E-state index is 9.75. The third-order valence-electron chi connectivity index (χ3n) is 3.12. The Labute approximate surface area is 131 Å². The van der Waals surface area contributed by atoms with Crippen molar-refractivity contribution in [1.82, 2.24) is 5.32 Å². The van der Waals surface area contributed by atoms with E-state index in [0.29, 0.717) is 31.3 Å². The summed E-state index contributed by atoms with van der Waals surface area (Å²) in [7, 11) is 5.17. The minimum Gasteiger partial charge on any atom is -0.389 e. The van der Waals surface area contributed by atoms with E-state index in [9.17, 15) is 5.11 Å². The number of methoxy groups -OCH3 is 2. The fourth-order valence-electron chi connectivity index (χ4n) is 1.98. The number of benzene rings is 1. The highest BCUT2D eigenvalue weighted by atomic mass is 35.5. The second-order valence-corrected chi connectivity index (χ2v) is 5.34. The lowest BCUT2D eigenvalue weighted by Gasteiger charge is -2.23. The van der Waals surface area contributed by atoms with E-state index in [1.165, 1.54) is 0 Å². The van der Waals surface area contributed by atoms with Crippen LogP contribution in [-0.2, 0) is 16.0 Å². The summed E-state index contributed by atoms with van der Waals surface area (Å²) in [5.74, 6) is 0. The Balaban J connectivity index is 2.56. The molecule has 1 aromatic rings. The first-order valence-electron chi connectivity index (χ1n) is 6.94. The number of aliphatic hydroxyl groups excluding tert-OH is 1. The molecular formula is C15H25ClN2O3. The number of ether oxygens (including phenoxy) is 2. The molecule has 2 N–H and O–H groups in total. The zero-order valence-electron chi connectivity index (χ0n) is 12.9. The maximum Gasteiger partial charge on any atom is 0.0947 e. The molecule has 0 aliphatic rings. The Morgan fingerprint density at radius 1 is 1.33 bits per heavy atom. The molecule has 0 radical (unpaired) electrons. The Bertz CT molecular complexity index is 418. The topological polar surface area (TPSA) is 54.0 Å². The van der Waals surface area contributed by atoms with Crippen molar-refractivity contribution >= 4 is 17.3 Å². The average molecular weight is 317 g/mol. The molecule has 0 aromatic heterocycles. The average Bonchev–Trinajstić information content (AvgIpc) is 2.45. The molecule has 0 saturated carbocycles. The summed E-state index contributed by atoms with van der Waals surface area (Å²) in [5.41, 5.74) is 2.01. The van der Waals surface area contributed by atoms with Gasteiger partial charge in [-0.05, 0) is 17.7 Å². The van der Waals surface area contributed by atoms with Gasteiger partial charge in [0.25, 0.3) is 0 Å². The molecule has 120 valence electrons. The van der Waals surface area contributed by atoms with Gasteiger partial charge in [-0.15, -0.1) is 0 Å². The summed E-state index contributed by atoms with van der Waals surface area (Å²) in [4.78, 5) is 1.96. The molecule has 1 atom stereocenters. The molecule has 0 heterocycles. The van der Waals surface area contributed by atoms with E-state index >= 15 is 0 Å². The van der Waals surface area contributed by atoms with Crippen molar-refractivity contribution < 1.29 is 14.6 Å². The van der Waals surface area contributed by atoms with Crippen LogP contribution in [0, 0.1) is 0 Å². The number of aliphatic hydroxyl groups is 1. The molecule has 0 bridgehead atoms. The maximum atomic E-state index is 9.75. The molecule has 0 spiro atoms. The largest absolute Gasteiger partial charge is 0.389 e. The van der Waals surface area contributed by atoms with Crippen LogP contribution in [0.2, 0.25) is 5.02 Å². The first kappa shape index (κ1) is 18.2. The minimum absolute atomic E-state index is 0.319. The molecule has 0 aliphatic heterocycles. The van der Waals surface area contributed by atoms with Crippen LogP contribution < -0.4 is 10.2 Å². The summed E-state index contributed by atoms with van der Waals surface area (Å²) in [5, 5.41) is 13.7. The monoisotopic (exact) mass is 316 g/mol. The van der Waals surface area contributed by atoms with Crippen LogP contribution in [0.5, 0.6) is 0 Å². The minimum atomic E-state index is -0.519. The molecule has 0 amide bonds. The standard InChI is InChI=1S/C15H25ClN2O3/c1-18(10-14(19)11-21-3)13-5-4-12(15(16)8-13)9-17-6-7-20-2/h4-5,8,14,17,19H,6-7,9-11H2,1-3H3. The van der Waals surface area contributed by atoms with E-state index in [1.807, 2.05) is 30.1 Å². The van der Waals surface area contributed by atoms with Gasteiger partial charge in [0.2, 0.25) is 0 Å². The van der Waals surface area contributed by atoms with Crippen molar-refractivity contribution in [3.63, 3.8) is 0 Å². The summed E-state index contributed by atoms with van der Waals surface area (Å²) < 4.78 is 9.91. The van der Waals surface area contributed by atoms with Crippen molar-refractivity contribution in [3.8, 4) is 0 Å². The van der Waals surface area contributed by atoms with Crippen LogP contribution >= 0.6 is 11.6 Å². The van der Waals surface area contributed by atoms with Crippen LogP contribution in [0.15, 0.2) is 18.2 Å². The predicted octanol–water partition coefficient (Wildman–Crippen LogP) is 1.52. The third kappa shape index (κ3) is 6.63. The predicted molar refractivity (Wildman–Crippen MR) is 86.2 cm³/mol. The van der Waals surface area contributed by atoms with Gasteiger partial charge in [-0.1, -0.05) is 17.7 Å². The molecule has 1 aromatic carbocycles. The lowest BCUT2D eigenvalue weighted by atomic mass is 10.2. The molecule has 21 heavy (non-hydrogen) atoms. The number of rotatable bonds is 10. The van der Waals surface area contributed by atoms with Gasteiger partial charge in [-0.2, -0.15) is 0 Å². The Morgan fingerprint density at radius 3 is 2.71 bits per heavy atom. The second kappa shape index (κ2) is 9.97. The first-order chi connectivity index (χ1) is 10.1. The second-order valence-electron chi connectivity index (χ2n) is 4.93. The van der Waals surface area contributed by atoms with Crippen LogP contribution in [0.3, 0.4) is 0 Å². The van der Waals surface area contributed by atoms with E-state index in [0.717, 1.165) is 17.8 Å². The molecule has 6 heteroatoms. The summed E-state index contributed by atoms with van der Waals surface area (Å²) >= 11 is 6.30. The van der Waals surface area contributed by atoms with Gasteiger partial charge in [0, 0.05) is 51.6 Å². The SMILES string of the molecule is COCCNCc1ccc(N(C)CC(O)COC)cc1Cl. The van der Waals surface area contributed by atoms with E-state index in [4.69, 9.17) is 21.1 Å². The van der Waals surface area contributed by atoms with Gasteiger partial charge < -0.3 is 24.8 Å². The number of nitrogens with zero attached hydrogens (tertiary/aromatic N) is 1. The van der Waals surface area contributed by atoms with Crippen molar-refractivity contribution in [1.29, 1.82) is 0 Å². The molecule has 0 aliphatic carbocycles. The quantitative estimate of drug-likeness (QED) is 0.641. The Morgan fingerprint density at radius 2 is 2.10 bits per heavy atom. The van der Waals surface area contributed by atoms with Crippen LogP contribution in [0.25, 0.3) is 0 Å². The van der Waals surface area contributed by atoms with Crippen molar-refractivity contribution in [2.75, 3.05) is 52.5 Å². The lowest BCUT2D eigenvalue weighted by Crippen LogP contribution is -2.31. The van der Waals surface area contributed by atoms with Gasteiger partial charge in [0.1, 0.15) is 0 Å². The van der Waals surface area contributed by atoms with Crippen LogP contribution in [-0.4, -0.2) is 58.8 Å². The van der Waals surface area contributed by atoms with Crippen LogP contribution in [0.1, 0.15) is 5.56 Å². The molecule has 5 nitrogen and oxygen atoms in total. The van der Waals surface area contributed by atoms with E-state index in [1.54, 1.807) is 14.2 Å². The number of nitrogens with one attached hydrogen (secondary N) is 1. The summed E-state index contributed by atoms with van der Waals surface area (Å²) in [6.45, 7) is 2.99. The van der Waals surface area contributed by atoms with E-state index < -0.39 is 6.10 Å². The normalized spacial score (nSPS) is 12.4. The summed E-state index contributed by atoms with van der Waals surface area (Å²) in [6, 6.07) is 5.91. The van der Waals surface area contributed by atoms with Gasteiger partial charge in [0.05, 0.1) is 19.3 Å². The third-order valence-corrected chi connectivity index (χ3v) is 3.47. The number of hydrogen-bond donors (Lipinski definition) is 2. The lowest BCUT2D eigenvalue weighted by molar-refractivity contribution is 0.0695. The number of hydrogen-bond acceptors (Lipinski definition) is 5. The number of anilines is 1. The molecule has 0 fully saturated rings.